The Labute approximate surface area is 182 Å². The quantitative estimate of drug-likeness (QED) is 0.583. The molecule has 2 atom stereocenters. The highest BCUT2D eigenvalue weighted by Gasteiger charge is 2.31. The zero-order valence-corrected chi connectivity index (χ0v) is 18.4. The van der Waals surface area contributed by atoms with Gasteiger partial charge in [0.25, 0.3) is 0 Å². The molecule has 2 N–H and O–H groups in total. The van der Waals surface area contributed by atoms with Gasteiger partial charge in [-0.1, -0.05) is 29.0 Å². The monoisotopic (exact) mass is 455 g/mol. The van der Waals surface area contributed by atoms with Gasteiger partial charge >= 0.3 is 12.0 Å². The second-order valence-electron chi connectivity index (χ2n) is 6.77. The standard InChI is InChI=1S/C19H22ClN3O4S2/c1-23(19(26)22-18-21-9-17(29-18)28-10-16(24)25)13-5-3-11(7-13)12-4-6-15(27-2)14(20)8-12/h4,6,8-9,11,13H,3,5,7,10H2,1-2H3,(H,24,25)(H,21,22,26). The molecule has 29 heavy (non-hydrogen) atoms. The van der Waals surface area contributed by atoms with Crippen molar-refractivity contribution in [2.24, 2.45) is 0 Å². The van der Waals surface area contributed by atoms with E-state index in [-0.39, 0.29) is 17.8 Å². The van der Waals surface area contributed by atoms with Crippen molar-refractivity contribution in [2.45, 2.75) is 35.4 Å². The van der Waals surface area contributed by atoms with Gasteiger partial charge in [-0.15, -0.1) is 11.8 Å². The molecule has 1 saturated carbocycles. The Morgan fingerprint density at radius 3 is 2.93 bits per heavy atom. The van der Waals surface area contributed by atoms with Gasteiger partial charge in [0.1, 0.15) is 5.75 Å². The number of hydrogen-bond acceptors (Lipinski definition) is 6. The van der Waals surface area contributed by atoms with Crippen molar-refractivity contribution >= 4 is 51.8 Å². The van der Waals surface area contributed by atoms with Crippen LogP contribution in [-0.4, -0.2) is 52.9 Å². The molecule has 2 amide bonds. The number of hydrogen-bond donors (Lipinski definition) is 2. The molecule has 1 aromatic heterocycles. The molecule has 156 valence electrons. The van der Waals surface area contributed by atoms with Crippen LogP contribution >= 0.6 is 34.7 Å². The maximum Gasteiger partial charge on any atom is 0.323 e. The molecule has 2 unspecified atom stereocenters. The van der Waals surface area contributed by atoms with E-state index in [1.54, 1.807) is 25.3 Å². The lowest BCUT2D eigenvalue weighted by Crippen LogP contribution is -2.38. The summed E-state index contributed by atoms with van der Waals surface area (Å²) in [6.07, 6.45) is 4.34. The van der Waals surface area contributed by atoms with E-state index in [1.165, 1.54) is 23.1 Å². The van der Waals surface area contributed by atoms with Crippen LogP contribution in [0.5, 0.6) is 5.75 Å². The first kappa shape index (κ1) is 21.7. The number of carbonyl (C=O) groups excluding carboxylic acids is 1. The SMILES string of the molecule is COc1ccc(C2CCC(N(C)C(=O)Nc3ncc(SCC(=O)O)s3)C2)cc1Cl. The molecule has 1 heterocycles. The number of aromatic nitrogens is 1. The molecule has 0 saturated heterocycles. The molecule has 0 spiro atoms. The molecule has 0 radical (unpaired) electrons. The molecule has 7 nitrogen and oxygen atoms in total. The first-order valence-corrected chi connectivity index (χ1v) is 11.2. The van der Waals surface area contributed by atoms with Gasteiger partial charge in [-0.2, -0.15) is 0 Å². The number of nitrogens with one attached hydrogen (secondary N) is 1. The van der Waals surface area contributed by atoms with Crippen LogP contribution in [0.1, 0.15) is 30.7 Å². The molecule has 3 rings (SSSR count). The van der Waals surface area contributed by atoms with Crippen molar-refractivity contribution in [3.63, 3.8) is 0 Å². The number of benzene rings is 1. The molecular weight excluding hydrogens is 434 g/mol. The van der Waals surface area contributed by atoms with Gasteiger partial charge in [0.15, 0.2) is 5.13 Å². The van der Waals surface area contributed by atoms with E-state index in [1.807, 2.05) is 18.2 Å². The minimum atomic E-state index is -0.886. The number of ether oxygens (including phenoxy) is 1. The summed E-state index contributed by atoms with van der Waals surface area (Å²) in [5.74, 6) is 0.0832. The number of halogens is 1. The molecule has 1 aliphatic rings. The lowest BCUT2D eigenvalue weighted by molar-refractivity contribution is -0.133. The summed E-state index contributed by atoms with van der Waals surface area (Å²) in [4.78, 5) is 29.1. The van der Waals surface area contributed by atoms with Crippen LogP contribution in [0, 0.1) is 0 Å². The Kier molecular flexibility index (Phi) is 7.26. The van der Waals surface area contributed by atoms with Gasteiger partial charge in [0.05, 0.1) is 28.3 Å². The number of carboxylic acids is 1. The van der Waals surface area contributed by atoms with Crippen molar-refractivity contribution in [2.75, 3.05) is 25.2 Å². The van der Waals surface area contributed by atoms with Crippen LogP contribution in [-0.2, 0) is 4.79 Å². The number of thioether (sulfide) groups is 1. The predicted octanol–water partition coefficient (Wildman–Crippen LogP) is 4.78. The second kappa shape index (κ2) is 9.69. The van der Waals surface area contributed by atoms with Crippen molar-refractivity contribution in [3.05, 3.63) is 35.0 Å². The Morgan fingerprint density at radius 2 is 2.24 bits per heavy atom. The molecule has 0 aliphatic heterocycles. The molecule has 10 heteroatoms. The van der Waals surface area contributed by atoms with E-state index in [2.05, 4.69) is 10.3 Å². The molecule has 1 aliphatic carbocycles. The number of thiazole rings is 1. The molecule has 0 bridgehead atoms. The van der Waals surface area contributed by atoms with E-state index in [4.69, 9.17) is 21.4 Å². The zero-order valence-electron chi connectivity index (χ0n) is 16.1. The number of amides is 2. The highest BCUT2D eigenvalue weighted by molar-refractivity contribution is 8.01. The predicted molar refractivity (Wildman–Crippen MR) is 116 cm³/mol. The summed E-state index contributed by atoms with van der Waals surface area (Å²) < 4.78 is 5.96. The summed E-state index contributed by atoms with van der Waals surface area (Å²) in [5.41, 5.74) is 1.16. The summed E-state index contributed by atoms with van der Waals surface area (Å²) in [6, 6.07) is 5.77. The lowest BCUT2D eigenvalue weighted by Gasteiger charge is -2.24. The Morgan fingerprint density at radius 1 is 1.45 bits per heavy atom. The van der Waals surface area contributed by atoms with Crippen molar-refractivity contribution in [1.82, 2.24) is 9.88 Å². The number of rotatable bonds is 7. The summed E-state index contributed by atoms with van der Waals surface area (Å²) in [5, 5.41) is 12.6. The minimum Gasteiger partial charge on any atom is -0.495 e. The van der Waals surface area contributed by atoms with E-state index in [0.29, 0.717) is 21.8 Å². The van der Waals surface area contributed by atoms with Crippen LogP contribution < -0.4 is 10.1 Å². The molecule has 1 fully saturated rings. The number of anilines is 1. The fourth-order valence-corrected chi connectivity index (χ4v) is 5.26. The fourth-order valence-electron chi connectivity index (χ4n) is 3.41. The largest absolute Gasteiger partial charge is 0.495 e. The maximum absolute atomic E-state index is 12.6. The van der Waals surface area contributed by atoms with Gasteiger partial charge < -0.3 is 14.7 Å². The van der Waals surface area contributed by atoms with E-state index in [9.17, 15) is 9.59 Å². The number of nitrogens with zero attached hydrogens (tertiary/aromatic N) is 2. The highest BCUT2D eigenvalue weighted by Crippen LogP contribution is 2.39. The number of carbonyl (C=O) groups is 2. The van der Waals surface area contributed by atoms with Crippen LogP contribution in [0.3, 0.4) is 0 Å². The average Bonchev–Trinajstić information content (AvgIpc) is 3.35. The Hall–Kier alpha value is -1.97. The Bertz CT molecular complexity index is 892. The third-order valence-corrected chi connectivity index (χ3v) is 7.34. The van der Waals surface area contributed by atoms with Crippen molar-refractivity contribution in [3.8, 4) is 5.75 Å². The van der Waals surface area contributed by atoms with Crippen LogP contribution in [0.4, 0.5) is 9.93 Å². The average molecular weight is 456 g/mol. The van der Waals surface area contributed by atoms with Crippen LogP contribution in [0.15, 0.2) is 28.6 Å². The molecule has 1 aromatic carbocycles. The summed E-state index contributed by atoms with van der Waals surface area (Å²) in [6.45, 7) is 0. The van der Waals surface area contributed by atoms with E-state index >= 15 is 0 Å². The van der Waals surface area contributed by atoms with Gasteiger partial charge in [-0.05, 0) is 42.9 Å². The van der Waals surface area contributed by atoms with E-state index < -0.39 is 5.97 Å². The fraction of sp³-hybridized carbons (Fsp3) is 0.421. The maximum atomic E-state index is 12.6. The minimum absolute atomic E-state index is 0.0334. The third kappa shape index (κ3) is 5.55. The number of urea groups is 1. The third-order valence-electron chi connectivity index (χ3n) is 4.96. The summed E-state index contributed by atoms with van der Waals surface area (Å²) in [7, 11) is 3.38. The van der Waals surface area contributed by atoms with Crippen LogP contribution in [0.2, 0.25) is 5.02 Å². The van der Waals surface area contributed by atoms with Gasteiger partial charge in [-0.25, -0.2) is 9.78 Å². The molecule has 2 aromatic rings. The van der Waals surface area contributed by atoms with Crippen molar-refractivity contribution in [1.29, 1.82) is 0 Å². The van der Waals surface area contributed by atoms with Crippen LogP contribution in [0.25, 0.3) is 0 Å². The smallest absolute Gasteiger partial charge is 0.323 e. The first-order chi connectivity index (χ1) is 13.9. The topological polar surface area (TPSA) is 91.8 Å². The van der Waals surface area contributed by atoms with E-state index in [0.717, 1.165) is 29.0 Å². The second-order valence-corrected chi connectivity index (χ2v) is 9.48. The molecular formula is C19H22ClN3O4S2. The summed E-state index contributed by atoms with van der Waals surface area (Å²) >= 11 is 8.70. The number of aliphatic carboxylic acids is 1. The van der Waals surface area contributed by atoms with Gasteiger partial charge in [-0.3, -0.25) is 10.1 Å². The first-order valence-electron chi connectivity index (χ1n) is 9.05. The number of methoxy groups -OCH3 is 1. The lowest BCUT2D eigenvalue weighted by atomic mass is 9.97. The highest BCUT2D eigenvalue weighted by atomic mass is 35.5. The zero-order chi connectivity index (χ0) is 21.0. The normalized spacial score (nSPS) is 18.4. The van der Waals surface area contributed by atoms with Crippen molar-refractivity contribution < 1.29 is 19.4 Å². The van der Waals surface area contributed by atoms with Gasteiger partial charge in [0, 0.05) is 13.1 Å². The number of carboxylic acid groups (broad SMARTS) is 1. The van der Waals surface area contributed by atoms with Gasteiger partial charge in [0.2, 0.25) is 0 Å². The Balaban J connectivity index is 1.55.